The molecule has 5 nitrogen and oxygen atoms in total. The molecule has 0 atom stereocenters. The molecule has 0 aliphatic carbocycles. The highest BCUT2D eigenvalue weighted by Gasteiger charge is 2.33. The quantitative estimate of drug-likeness (QED) is 0.303. The molecule has 2 rings (SSSR count). The van der Waals surface area contributed by atoms with Gasteiger partial charge in [-0.2, -0.15) is 13.2 Å². The lowest BCUT2D eigenvalue weighted by molar-refractivity contribution is -0.138. The summed E-state index contributed by atoms with van der Waals surface area (Å²) in [4.78, 5) is 6.58. The number of benzene rings is 1. The van der Waals surface area contributed by atoms with Gasteiger partial charge in [-0.25, -0.2) is 9.38 Å². The molecular formula is C19H28F4N4O. The maximum atomic E-state index is 13.2. The number of hydrogen-bond acceptors (Lipinski definition) is 3. The van der Waals surface area contributed by atoms with Gasteiger partial charge in [0.15, 0.2) is 5.96 Å². The number of rotatable bonds is 8. The van der Waals surface area contributed by atoms with Crippen LogP contribution in [0, 0.1) is 5.82 Å². The normalized spacial score (nSPS) is 16.2. The molecule has 9 heteroatoms. The van der Waals surface area contributed by atoms with Gasteiger partial charge >= 0.3 is 6.18 Å². The van der Waals surface area contributed by atoms with Gasteiger partial charge < -0.3 is 15.4 Å². The van der Waals surface area contributed by atoms with Gasteiger partial charge in [-0.05, 0) is 44.0 Å². The van der Waals surface area contributed by atoms with Crippen LogP contribution >= 0.6 is 0 Å². The second-order valence-electron chi connectivity index (χ2n) is 6.58. The highest BCUT2D eigenvalue weighted by atomic mass is 19.4. The molecule has 1 aliphatic heterocycles. The fraction of sp³-hybridized carbons (Fsp3) is 0.632. The zero-order chi connectivity index (χ0) is 20.4. The van der Waals surface area contributed by atoms with E-state index < -0.39 is 17.6 Å². The van der Waals surface area contributed by atoms with Crippen molar-refractivity contribution < 1.29 is 22.3 Å². The van der Waals surface area contributed by atoms with E-state index in [4.69, 9.17) is 4.74 Å². The summed E-state index contributed by atoms with van der Waals surface area (Å²) in [7, 11) is 0. The molecule has 1 aliphatic rings. The van der Waals surface area contributed by atoms with Crippen LogP contribution in [0.1, 0.15) is 30.9 Å². The molecule has 1 saturated heterocycles. The van der Waals surface area contributed by atoms with Crippen molar-refractivity contribution in [3.05, 3.63) is 35.1 Å². The number of unbranched alkanes of at least 4 members (excludes halogenated alkanes) is 1. The number of ether oxygens (including phenoxy) is 1. The summed E-state index contributed by atoms with van der Waals surface area (Å²) in [6, 6.07) is 2.66. The molecular weight excluding hydrogens is 376 g/mol. The van der Waals surface area contributed by atoms with Gasteiger partial charge in [-0.3, -0.25) is 4.90 Å². The Morgan fingerprint density at radius 2 is 1.93 bits per heavy atom. The minimum Gasteiger partial charge on any atom is -0.379 e. The Labute approximate surface area is 163 Å². The van der Waals surface area contributed by atoms with Crippen LogP contribution < -0.4 is 10.6 Å². The predicted molar refractivity (Wildman–Crippen MR) is 101 cm³/mol. The van der Waals surface area contributed by atoms with E-state index in [0.29, 0.717) is 25.1 Å². The number of alkyl halides is 3. The van der Waals surface area contributed by atoms with Crippen LogP contribution in [0.25, 0.3) is 0 Å². The van der Waals surface area contributed by atoms with Gasteiger partial charge in [0.2, 0.25) is 0 Å². The molecule has 1 aromatic carbocycles. The van der Waals surface area contributed by atoms with Gasteiger partial charge in [-0.15, -0.1) is 0 Å². The number of aliphatic imine (C=N–C) groups is 1. The summed E-state index contributed by atoms with van der Waals surface area (Å²) in [6.07, 6.45) is -2.67. The molecule has 0 unspecified atom stereocenters. The van der Waals surface area contributed by atoms with E-state index >= 15 is 0 Å². The van der Waals surface area contributed by atoms with Crippen LogP contribution in [0.5, 0.6) is 0 Å². The molecule has 28 heavy (non-hydrogen) atoms. The van der Waals surface area contributed by atoms with E-state index in [-0.39, 0.29) is 12.1 Å². The van der Waals surface area contributed by atoms with E-state index in [1.54, 1.807) is 0 Å². The summed E-state index contributed by atoms with van der Waals surface area (Å²) in [5, 5.41) is 6.16. The van der Waals surface area contributed by atoms with Gasteiger partial charge in [0.25, 0.3) is 0 Å². The van der Waals surface area contributed by atoms with Crippen molar-refractivity contribution in [2.45, 2.75) is 32.5 Å². The minimum atomic E-state index is -4.61. The van der Waals surface area contributed by atoms with Crippen molar-refractivity contribution >= 4 is 5.96 Å². The number of morpholine rings is 1. The zero-order valence-corrected chi connectivity index (χ0v) is 16.1. The lowest BCUT2D eigenvalue weighted by Gasteiger charge is -2.26. The standard InChI is InChI=1S/C19H28F4N4O/c1-2-24-18(25-7-3-4-8-27-9-11-28-12-10-27)26-14-15-5-6-16(20)13-17(15)19(21,22)23/h5-6,13H,2-4,7-12,14H2,1H3,(H2,24,25,26). The van der Waals surface area contributed by atoms with Gasteiger partial charge in [0.05, 0.1) is 25.3 Å². The van der Waals surface area contributed by atoms with E-state index in [2.05, 4.69) is 20.5 Å². The third kappa shape index (κ3) is 7.63. The number of nitrogens with one attached hydrogen (secondary N) is 2. The summed E-state index contributed by atoms with van der Waals surface area (Å²) < 4.78 is 57.8. The van der Waals surface area contributed by atoms with E-state index in [9.17, 15) is 17.6 Å². The van der Waals surface area contributed by atoms with Crippen molar-refractivity contribution in [2.24, 2.45) is 4.99 Å². The van der Waals surface area contributed by atoms with E-state index in [1.807, 2.05) is 6.92 Å². The van der Waals surface area contributed by atoms with Gasteiger partial charge in [-0.1, -0.05) is 6.07 Å². The molecule has 1 heterocycles. The SMILES string of the molecule is CCNC(=NCc1ccc(F)cc1C(F)(F)F)NCCCCN1CCOCC1. The Bertz CT molecular complexity index is 631. The van der Waals surface area contributed by atoms with Crippen molar-refractivity contribution in [1.82, 2.24) is 15.5 Å². The fourth-order valence-electron chi connectivity index (χ4n) is 2.95. The lowest BCUT2D eigenvalue weighted by atomic mass is 10.1. The third-order valence-electron chi connectivity index (χ3n) is 4.43. The van der Waals surface area contributed by atoms with Gasteiger partial charge in [0, 0.05) is 26.2 Å². The molecule has 0 radical (unpaired) electrons. The second kappa shape index (κ2) is 11.2. The Balaban J connectivity index is 1.85. The van der Waals surface area contributed by atoms with Crippen LogP contribution in [-0.2, 0) is 17.5 Å². The monoisotopic (exact) mass is 404 g/mol. The number of hydrogen-bond donors (Lipinski definition) is 2. The highest BCUT2D eigenvalue weighted by molar-refractivity contribution is 5.79. The summed E-state index contributed by atoms with van der Waals surface area (Å²) >= 11 is 0. The molecule has 158 valence electrons. The smallest absolute Gasteiger partial charge is 0.379 e. The van der Waals surface area contributed by atoms with E-state index in [1.165, 1.54) is 0 Å². The zero-order valence-electron chi connectivity index (χ0n) is 16.1. The molecule has 0 amide bonds. The molecule has 0 spiro atoms. The van der Waals surface area contributed by atoms with Crippen LogP contribution in [0.2, 0.25) is 0 Å². The van der Waals surface area contributed by atoms with Crippen molar-refractivity contribution in [3.63, 3.8) is 0 Å². The fourth-order valence-corrected chi connectivity index (χ4v) is 2.95. The topological polar surface area (TPSA) is 48.9 Å². The van der Waals surface area contributed by atoms with Crippen molar-refractivity contribution in [2.75, 3.05) is 45.9 Å². The average Bonchev–Trinajstić information content (AvgIpc) is 2.66. The van der Waals surface area contributed by atoms with Crippen LogP contribution in [0.15, 0.2) is 23.2 Å². The third-order valence-corrected chi connectivity index (χ3v) is 4.43. The maximum Gasteiger partial charge on any atom is 0.416 e. The first-order valence-electron chi connectivity index (χ1n) is 9.58. The Morgan fingerprint density at radius 3 is 2.61 bits per heavy atom. The predicted octanol–water partition coefficient (Wildman–Crippen LogP) is 3.01. The second-order valence-corrected chi connectivity index (χ2v) is 6.58. The first kappa shape index (κ1) is 22.4. The number of guanidine groups is 1. The molecule has 2 N–H and O–H groups in total. The molecule has 1 aromatic rings. The summed E-state index contributed by atoms with van der Waals surface area (Å²) in [6.45, 7) is 7.43. The lowest BCUT2D eigenvalue weighted by Crippen LogP contribution is -2.39. The highest BCUT2D eigenvalue weighted by Crippen LogP contribution is 2.32. The van der Waals surface area contributed by atoms with Crippen LogP contribution in [-0.4, -0.2) is 56.8 Å². The number of nitrogens with zero attached hydrogens (tertiary/aromatic N) is 2. The molecule has 0 bridgehead atoms. The minimum absolute atomic E-state index is 0.0570. The molecule has 1 fully saturated rings. The first-order valence-corrected chi connectivity index (χ1v) is 9.58. The van der Waals surface area contributed by atoms with Gasteiger partial charge in [0.1, 0.15) is 5.82 Å². The van der Waals surface area contributed by atoms with Crippen LogP contribution in [0.4, 0.5) is 17.6 Å². The van der Waals surface area contributed by atoms with E-state index in [0.717, 1.165) is 57.8 Å². The average molecular weight is 404 g/mol. The first-order chi connectivity index (χ1) is 13.4. The van der Waals surface area contributed by atoms with Crippen molar-refractivity contribution in [3.8, 4) is 0 Å². The summed E-state index contributed by atoms with van der Waals surface area (Å²) in [5.41, 5.74) is -1.05. The molecule has 0 saturated carbocycles. The summed E-state index contributed by atoms with van der Waals surface area (Å²) in [5.74, 6) is -0.461. The Kier molecular flexibility index (Phi) is 8.98. The van der Waals surface area contributed by atoms with Crippen molar-refractivity contribution in [1.29, 1.82) is 0 Å². The maximum absolute atomic E-state index is 13.2. The largest absolute Gasteiger partial charge is 0.416 e. The number of halogens is 4. The van der Waals surface area contributed by atoms with Crippen LogP contribution in [0.3, 0.4) is 0 Å². The Hall–Kier alpha value is -1.87. The Morgan fingerprint density at radius 1 is 1.18 bits per heavy atom. The molecule has 0 aromatic heterocycles.